The van der Waals surface area contributed by atoms with Gasteiger partial charge in [-0.15, -0.1) is 0 Å². The number of carbonyl (C=O) groups excluding carboxylic acids is 1. The predicted molar refractivity (Wildman–Crippen MR) is 107 cm³/mol. The van der Waals surface area contributed by atoms with E-state index in [1.807, 2.05) is 24.3 Å². The highest BCUT2D eigenvalue weighted by Gasteiger charge is 2.14. The zero-order chi connectivity index (χ0) is 19.1. The molecule has 1 amide bonds. The second-order valence-electron chi connectivity index (χ2n) is 6.50. The number of methoxy groups -OCH3 is 1. The second kappa shape index (κ2) is 9.29. The molecule has 1 fully saturated rings. The molecule has 1 aromatic heterocycles. The lowest BCUT2D eigenvalue weighted by Gasteiger charge is -2.34. The van der Waals surface area contributed by atoms with Gasteiger partial charge in [0.05, 0.1) is 6.61 Å². The molecule has 1 aromatic carbocycles. The Kier molecular flexibility index (Phi) is 6.56. The fourth-order valence-corrected chi connectivity index (χ4v) is 2.87. The molecule has 2 aromatic rings. The molecule has 0 unspecified atom stereocenters. The number of amides is 1. The molecule has 8 nitrogen and oxygen atoms in total. The first-order chi connectivity index (χ1) is 13.2. The van der Waals surface area contributed by atoms with Gasteiger partial charge in [-0.3, -0.25) is 4.79 Å². The normalized spacial score (nSPS) is 14.8. The van der Waals surface area contributed by atoms with Gasteiger partial charge in [0.15, 0.2) is 0 Å². The van der Waals surface area contributed by atoms with E-state index in [4.69, 9.17) is 4.74 Å². The van der Waals surface area contributed by atoms with Crippen LogP contribution in [0.3, 0.4) is 0 Å². The fraction of sp³-hybridized carbons (Fsp3) is 0.421. The molecule has 1 aliphatic rings. The third-order valence-electron chi connectivity index (χ3n) is 4.51. The van der Waals surface area contributed by atoms with Crippen LogP contribution < -0.4 is 15.5 Å². The Morgan fingerprint density at radius 2 is 1.89 bits per heavy atom. The maximum absolute atomic E-state index is 12.4. The first kappa shape index (κ1) is 19.1. The van der Waals surface area contributed by atoms with E-state index in [9.17, 15) is 4.79 Å². The van der Waals surface area contributed by atoms with Gasteiger partial charge >= 0.3 is 0 Å². The number of rotatable bonds is 7. The topological polar surface area (TPSA) is 82.6 Å². The molecule has 0 bridgehead atoms. The Morgan fingerprint density at radius 3 is 2.59 bits per heavy atom. The van der Waals surface area contributed by atoms with Crippen molar-refractivity contribution in [3.63, 3.8) is 0 Å². The van der Waals surface area contributed by atoms with E-state index in [0.29, 0.717) is 24.7 Å². The van der Waals surface area contributed by atoms with Gasteiger partial charge in [-0.25, -0.2) is 9.97 Å². The minimum Gasteiger partial charge on any atom is -0.383 e. The Bertz CT molecular complexity index is 744. The van der Waals surface area contributed by atoms with E-state index in [0.717, 1.165) is 31.9 Å². The average molecular weight is 370 g/mol. The van der Waals surface area contributed by atoms with Gasteiger partial charge in [0, 0.05) is 57.3 Å². The van der Waals surface area contributed by atoms with Crippen molar-refractivity contribution in [3.05, 3.63) is 42.4 Å². The Balaban J connectivity index is 1.58. The Hall–Kier alpha value is -2.71. The first-order valence-corrected chi connectivity index (χ1v) is 9.05. The number of nitrogens with one attached hydrogen (secondary N) is 2. The summed E-state index contributed by atoms with van der Waals surface area (Å²) in [5.74, 6) is 0.331. The number of anilines is 3. The van der Waals surface area contributed by atoms with Crippen LogP contribution in [0.1, 0.15) is 10.5 Å². The van der Waals surface area contributed by atoms with Crippen molar-refractivity contribution in [3.8, 4) is 0 Å². The number of carbonyl (C=O) groups is 1. The number of piperazine rings is 1. The van der Waals surface area contributed by atoms with Crippen LogP contribution in [0.5, 0.6) is 0 Å². The van der Waals surface area contributed by atoms with Crippen molar-refractivity contribution in [2.45, 2.75) is 0 Å². The summed E-state index contributed by atoms with van der Waals surface area (Å²) < 4.78 is 4.99. The monoisotopic (exact) mass is 370 g/mol. The molecule has 1 aliphatic heterocycles. The van der Waals surface area contributed by atoms with Gasteiger partial charge in [-0.1, -0.05) is 0 Å². The Labute approximate surface area is 159 Å². The van der Waals surface area contributed by atoms with Crippen LogP contribution in [-0.4, -0.2) is 74.3 Å². The number of aromatic nitrogens is 2. The van der Waals surface area contributed by atoms with E-state index >= 15 is 0 Å². The van der Waals surface area contributed by atoms with Crippen LogP contribution in [0.25, 0.3) is 0 Å². The molecule has 1 saturated heterocycles. The van der Waals surface area contributed by atoms with E-state index in [-0.39, 0.29) is 5.91 Å². The van der Waals surface area contributed by atoms with Crippen LogP contribution in [0.15, 0.2) is 36.7 Å². The van der Waals surface area contributed by atoms with Crippen LogP contribution >= 0.6 is 0 Å². The third-order valence-corrected chi connectivity index (χ3v) is 4.51. The van der Waals surface area contributed by atoms with Gasteiger partial charge in [-0.05, 0) is 31.3 Å². The molecule has 0 atom stereocenters. The lowest BCUT2D eigenvalue weighted by atomic mass is 10.2. The molecule has 0 aliphatic carbocycles. The summed E-state index contributed by atoms with van der Waals surface area (Å²) in [6.45, 7) is 5.33. The van der Waals surface area contributed by atoms with Gasteiger partial charge in [0.1, 0.15) is 17.8 Å². The highest BCUT2D eigenvalue weighted by Crippen LogP contribution is 2.19. The molecule has 0 radical (unpaired) electrons. The number of likely N-dealkylation sites (N-methyl/N-ethyl adjacent to an activating group) is 1. The number of hydrogen-bond acceptors (Lipinski definition) is 7. The van der Waals surface area contributed by atoms with E-state index < -0.39 is 0 Å². The number of ether oxygens (including phenoxy) is 1. The lowest BCUT2D eigenvalue weighted by molar-refractivity contribution is 0.102. The first-order valence-electron chi connectivity index (χ1n) is 9.05. The maximum Gasteiger partial charge on any atom is 0.274 e. The third kappa shape index (κ3) is 5.38. The molecule has 2 heterocycles. The molecule has 3 rings (SSSR count). The smallest absolute Gasteiger partial charge is 0.274 e. The minimum absolute atomic E-state index is 0.264. The van der Waals surface area contributed by atoms with Crippen molar-refractivity contribution in [2.24, 2.45) is 0 Å². The van der Waals surface area contributed by atoms with Crippen LogP contribution in [0, 0.1) is 0 Å². The van der Waals surface area contributed by atoms with Crippen LogP contribution in [-0.2, 0) is 4.74 Å². The summed E-state index contributed by atoms with van der Waals surface area (Å²) >= 11 is 0. The quantitative estimate of drug-likeness (QED) is 0.716. The zero-order valence-electron chi connectivity index (χ0n) is 15.8. The molecule has 0 spiro atoms. The Morgan fingerprint density at radius 1 is 1.15 bits per heavy atom. The van der Waals surface area contributed by atoms with E-state index in [2.05, 4.69) is 37.4 Å². The average Bonchev–Trinajstić information content (AvgIpc) is 2.70. The van der Waals surface area contributed by atoms with E-state index in [1.54, 1.807) is 13.2 Å². The SMILES string of the molecule is COCCNc1cc(C(=O)Nc2ccc(N3CCN(C)CC3)cc2)ncn1. The largest absolute Gasteiger partial charge is 0.383 e. The van der Waals surface area contributed by atoms with Gasteiger partial charge < -0.3 is 25.2 Å². The molecule has 8 heteroatoms. The van der Waals surface area contributed by atoms with Gasteiger partial charge in [0.25, 0.3) is 5.91 Å². The molecule has 0 saturated carbocycles. The maximum atomic E-state index is 12.4. The number of benzene rings is 1. The van der Waals surface area contributed by atoms with Crippen molar-refractivity contribution in [1.29, 1.82) is 0 Å². The molecular formula is C19H26N6O2. The van der Waals surface area contributed by atoms with Crippen molar-refractivity contribution in [2.75, 3.05) is 69.0 Å². The summed E-state index contributed by atoms with van der Waals surface area (Å²) in [6, 6.07) is 9.55. The standard InChI is InChI=1S/C19H26N6O2/c1-24-8-10-25(11-9-24)16-5-3-15(4-6-16)23-19(26)17-13-18(22-14-21-17)20-7-12-27-2/h3-6,13-14H,7-12H2,1-2H3,(H,23,26)(H,20,21,22). The summed E-state index contributed by atoms with van der Waals surface area (Å²) in [5.41, 5.74) is 2.23. The number of nitrogens with zero attached hydrogens (tertiary/aromatic N) is 4. The van der Waals surface area contributed by atoms with Gasteiger partial charge in [-0.2, -0.15) is 0 Å². The summed E-state index contributed by atoms with van der Waals surface area (Å²) in [4.78, 5) is 25.3. The molecule has 27 heavy (non-hydrogen) atoms. The summed E-state index contributed by atoms with van der Waals surface area (Å²) in [6.07, 6.45) is 1.38. The molecular weight excluding hydrogens is 344 g/mol. The van der Waals surface area contributed by atoms with Crippen molar-refractivity contribution < 1.29 is 9.53 Å². The van der Waals surface area contributed by atoms with Gasteiger partial charge in [0.2, 0.25) is 0 Å². The van der Waals surface area contributed by atoms with Crippen LogP contribution in [0.2, 0.25) is 0 Å². The second-order valence-corrected chi connectivity index (χ2v) is 6.50. The number of hydrogen-bond donors (Lipinski definition) is 2. The molecule has 2 N–H and O–H groups in total. The van der Waals surface area contributed by atoms with Crippen LogP contribution in [0.4, 0.5) is 17.2 Å². The fourth-order valence-electron chi connectivity index (χ4n) is 2.87. The van der Waals surface area contributed by atoms with Crippen molar-refractivity contribution in [1.82, 2.24) is 14.9 Å². The molecule has 144 valence electrons. The highest BCUT2D eigenvalue weighted by atomic mass is 16.5. The lowest BCUT2D eigenvalue weighted by Crippen LogP contribution is -2.44. The highest BCUT2D eigenvalue weighted by molar-refractivity contribution is 6.03. The van der Waals surface area contributed by atoms with Crippen molar-refractivity contribution >= 4 is 23.1 Å². The van der Waals surface area contributed by atoms with E-state index in [1.165, 1.54) is 12.0 Å². The predicted octanol–water partition coefficient (Wildman–Crippen LogP) is 1.54. The minimum atomic E-state index is -0.264. The summed E-state index contributed by atoms with van der Waals surface area (Å²) in [5, 5.41) is 5.97. The zero-order valence-corrected chi connectivity index (χ0v) is 15.8. The summed E-state index contributed by atoms with van der Waals surface area (Å²) in [7, 11) is 3.77.